The molecule has 2 fully saturated rings. The van der Waals surface area contributed by atoms with E-state index in [1.807, 2.05) is 11.8 Å². The molecule has 2 aliphatic rings. The van der Waals surface area contributed by atoms with Gasteiger partial charge in [0.15, 0.2) is 0 Å². The largest absolute Gasteiger partial charge is 0.481 e. The molecule has 0 aromatic heterocycles. The predicted molar refractivity (Wildman–Crippen MR) is 75.5 cm³/mol. The minimum atomic E-state index is -0.794. The van der Waals surface area contributed by atoms with Gasteiger partial charge < -0.3 is 14.9 Å². The molecule has 0 saturated carbocycles. The first-order valence-corrected chi connectivity index (χ1v) is 7.41. The van der Waals surface area contributed by atoms with Crippen molar-refractivity contribution in [2.45, 2.75) is 26.8 Å². The van der Waals surface area contributed by atoms with Crippen molar-refractivity contribution in [1.29, 1.82) is 0 Å². The molecular weight excluding hydrogens is 258 g/mol. The lowest BCUT2D eigenvalue weighted by atomic mass is 9.99. The molecule has 6 nitrogen and oxygen atoms in total. The van der Waals surface area contributed by atoms with Gasteiger partial charge in [-0.2, -0.15) is 0 Å². The van der Waals surface area contributed by atoms with E-state index in [2.05, 4.69) is 18.7 Å². The maximum absolute atomic E-state index is 12.4. The highest BCUT2D eigenvalue weighted by atomic mass is 16.4. The van der Waals surface area contributed by atoms with Gasteiger partial charge in [-0.3, -0.25) is 9.69 Å². The molecule has 2 saturated heterocycles. The third-order valence-electron chi connectivity index (χ3n) is 4.52. The average molecular weight is 283 g/mol. The number of likely N-dealkylation sites (tertiary alicyclic amines) is 1. The Hall–Kier alpha value is -1.30. The van der Waals surface area contributed by atoms with E-state index in [0.717, 1.165) is 26.2 Å². The van der Waals surface area contributed by atoms with Gasteiger partial charge in [0.1, 0.15) is 0 Å². The Morgan fingerprint density at radius 1 is 1.05 bits per heavy atom. The number of hydrogen-bond acceptors (Lipinski definition) is 3. The zero-order valence-corrected chi connectivity index (χ0v) is 12.6. The van der Waals surface area contributed by atoms with Gasteiger partial charge in [-0.05, 0) is 19.8 Å². The Balaban J connectivity index is 1.89. The lowest BCUT2D eigenvalue weighted by Gasteiger charge is -2.38. The first-order chi connectivity index (χ1) is 9.40. The molecule has 2 atom stereocenters. The SMILES string of the molecule is CC1CN(C(=O)N2CCN(C(C)C)CC2)CC1C(=O)O. The Kier molecular flexibility index (Phi) is 4.52. The van der Waals surface area contributed by atoms with Gasteiger partial charge in [0.05, 0.1) is 5.92 Å². The fourth-order valence-corrected chi connectivity index (χ4v) is 3.07. The second-order valence-corrected chi connectivity index (χ2v) is 6.23. The summed E-state index contributed by atoms with van der Waals surface area (Å²) in [5.41, 5.74) is 0. The van der Waals surface area contributed by atoms with E-state index in [9.17, 15) is 9.59 Å². The van der Waals surface area contributed by atoms with E-state index >= 15 is 0 Å². The zero-order chi connectivity index (χ0) is 14.9. The van der Waals surface area contributed by atoms with Crippen LogP contribution in [0, 0.1) is 11.8 Å². The fourth-order valence-electron chi connectivity index (χ4n) is 3.07. The van der Waals surface area contributed by atoms with Gasteiger partial charge in [-0.15, -0.1) is 0 Å². The van der Waals surface area contributed by atoms with E-state index in [0.29, 0.717) is 19.1 Å². The van der Waals surface area contributed by atoms with Gasteiger partial charge in [0.2, 0.25) is 0 Å². The third-order valence-corrected chi connectivity index (χ3v) is 4.52. The van der Waals surface area contributed by atoms with Gasteiger partial charge in [-0.1, -0.05) is 6.92 Å². The van der Waals surface area contributed by atoms with Crippen LogP contribution in [-0.2, 0) is 4.79 Å². The van der Waals surface area contributed by atoms with Crippen molar-refractivity contribution in [2.75, 3.05) is 39.3 Å². The number of urea groups is 1. The van der Waals surface area contributed by atoms with Crippen molar-refractivity contribution in [1.82, 2.24) is 14.7 Å². The molecule has 0 aromatic carbocycles. The van der Waals surface area contributed by atoms with Crippen molar-refractivity contribution in [3.05, 3.63) is 0 Å². The second kappa shape index (κ2) is 5.99. The lowest BCUT2D eigenvalue weighted by Crippen LogP contribution is -2.53. The molecule has 0 bridgehead atoms. The highest BCUT2D eigenvalue weighted by Crippen LogP contribution is 2.24. The summed E-state index contributed by atoms with van der Waals surface area (Å²) in [7, 11) is 0. The van der Waals surface area contributed by atoms with Crippen LogP contribution >= 0.6 is 0 Å². The molecule has 2 aliphatic heterocycles. The van der Waals surface area contributed by atoms with E-state index in [1.54, 1.807) is 4.90 Å². The number of aliphatic carboxylic acids is 1. The maximum Gasteiger partial charge on any atom is 0.320 e. The second-order valence-electron chi connectivity index (χ2n) is 6.23. The molecule has 114 valence electrons. The molecule has 1 N–H and O–H groups in total. The summed E-state index contributed by atoms with van der Waals surface area (Å²) in [5, 5.41) is 9.13. The number of nitrogens with zero attached hydrogens (tertiary/aromatic N) is 3. The van der Waals surface area contributed by atoms with Crippen LogP contribution in [0.5, 0.6) is 0 Å². The minimum absolute atomic E-state index is 0.00371. The van der Waals surface area contributed by atoms with E-state index in [4.69, 9.17) is 5.11 Å². The summed E-state index contributed by atoms with van der Waals surface area (Å²) >= 11 is 0. The summed E-state index contributed by atoms with van der Waals surface area (Å²) in [6, 6.07) is 0.513. The molecule has 20 heavy (non-hydrogen) atoms. The summed E-state index contributed by atoms with van der Waals surface area (Å²) in [4.78, 5) is 29.5. The summed E-state index contributed by atoms with van der Waals surface area (Å²) in [6.45, 7) is 10.4. The molecule has 0 spiro atoms. The molecule has 0 radical (unpaired) electrons. The Morgan fingerprint density at radius 2 is 1.65 bits per heavy atom. The van der Waals surface area contributed by atoms with Crippen LogP contribution in [0.2, 0.25) is 0 Å². The standard InChI is InChI=1S/C14H25N3O3/c1-10(2)15-4-6-16(7-5-15)14(20)17-8-11(3)12(9-17)13(18)19/h10-12H,4-9H2,1-3H3,(H,18,19). The zero-order valence-electron chi connectivity index (χ0n) is 12.6. The number of carbonyl (C=O) groups is 2. The summed E-state index contributed by atoms with van der Waals surface area (Å²) < 4.78 is 0. The quantitative estimate of drug-likeness (QED) is 0.813. The average Bonchev–Trinajstić information content (AvgIpc) is 2.80. The van der Waals surface area contributed by atoms with Crippen LogP contribution < -0.4 is 0 Å². The first kappa shape index (κ1) is 15.1. The number of rotatable bonds is 2. The topological polar surface area (TPSA) is 64.1 Å². The first-order valence-electron chi connectivity index (χ1n) is 7.41. The number of piperazine rings is 1. The summed E-state index contributed by atoms with van der Waals surface area (Å²) in [6.07, 6.45) is 0. The highest BCUT2D eigenvalue weighted by molar-refractivity contribution is 5.77. The molecule has 2 unspecified atom stereocenters. The normalized spacial score (nSPS) is 28.2. The van der Waals surface area contributed by atoms with Gasteiger partial charge in [0, 0.05) is 45.3 Å². The highest BCUT2D eigenvalue weighted by Gasteiger charge is 2.38. The predicted octanol–water partition coefficient (Wildman–Crippen LogP) is 0.785. The van der Waals surface area contributed by atoms with Crippen LogP contribution in [0.15, 0.2) is 0 Å². The summed E-state index contributed by atoms with van der Waals surface area (Å²) in [5.74, 6) is -1.18. The smallest absolute Gasteiger partial charge is 0.320 e. The van der Waals surface area contributed by atoms with Gasteiger partial charge >= 0.3 is 12.0 Å². The van der Waals surface area contributed by atoms with E-state index in [1.165, 1.54) is 0 Å². The van der Waals surface area contributed by atoms with Gasteiger partial charge in [-0.25, -0.2) is 4.79 Å². The Bertz CT molecular complexity index is 378. The number of carboxylic acid groups (broad SMARTS) is 1. The molecular formula is C14H25N3O3. The molecule has 0 aromatic rings. The minimum Gasteiger partial charge on any atom is -0.481 e. The Labute approximate surface area is 120 Å². The van der Waals surface area contributed by atoms with Crippen LogP contribution in [0.4, 0.5) is 4.79 Å². The van der Waals surface area contributed by atoms with Crippen LogP contribution in [0.1, 0.15) is 20.8 Å². The molecule has 2 rings (SSSR count). The van der Waals surface area contributed by atoms with Crippen LogP contribution in [0.25, 0.3) is 0 Å². The number of carbonyl (C=O) groups excluding carboxylic acids is 1. The van der Waals surface area contributed by atoms with Crippen molar-refractivity contribution in [3.63, 3.8) is 0 Å². The number of carboxylic acids is 1. The fraction of sp³-hybridized carbons (Fsp3) is 0.857. The van der Waals surface area contributed by atoms with Crippen molar-refractivity contribution in [2.24, 2.45) is 11.8 Å². The van der Waals surface area contributed by atoms with Crippen molar-refractivity contribution in [3.8, 4) is 0 Å². The van der Waals surface area contributed by atoms with Crippen LogP contribution in [-0.4, -0.2) is 77.1 Å². The third kappa shape index (κ3) is 3.06. The maximum atomic E-state index is 12.4. The Morgan fingerprint density at radius 3 is 2.10 bits per heavy atom. The number of amides is 2. The molecule has 2 heterocycles. The van der Waals surface area contributed by atoms with Gasteiger partial charge in [0.25, 0.3) is 0 Å². The van der Waals surface area contributed by atoms with E-state index in [-0.39, 0.29) is 11.9 Å². The monoisotopic (exact) mass is 283 g/mol. The van der Waals surface area contributed by atoms with Crippen LogP contribution in [0.3, 0.4) is 0 Å². The number of hydrogen-bond donors (Lipinski definition) is 1. The molecule has 6 heteroatoms. The lowest BCUT2D eigenvalue weighted by molar-refractivity contribution is -0.142. The van der Waals surface area contributed by atoms with Crippen molar-refractivity contribution < 1.29 is 14.7 Å². The van der Waals surface area contributed by atoms with Crippen molar-refractivity contribution >= 4 is 12.0 Å². The molecule has 2 amide bonds. The molecule has 0 aliphatic carbocycles. The van der Waals surface area contributed by atoms with E-state index < -0.39 is 11.9 Å².